The predicted molar refractivity (Wildman–Crippen MR) is 80.5 cm³/mol. The van der Waals surface area contributed by atoms with Crippen LogP contribution in [-0.4, -0.2) is 14.2 Å². The average Bonchev–Trinajstić information content (AvgIpc) is 2.43. The van der Waals surface area contributed by atoms with Gasteiger partial charge in [-0.1, -0.05) is 30.6 Å². The van der Waals surface area contributed by atoms with Crippen LogP contribution in [-0.2, 0) is 0 Å². The monoisotopic (exact) mass is 277 g/mol. The molecule has 1 aliphatic rings. The zero-order valence-electron chi connectivity index (χ0n) is 12.4. The van der Waals surface area contributed by atoms with Crippen LogP contribution in [0, 0.1) is 5.82 Å². The highest BCUT2D eigenvalue weighted by Crippen LogP contribution is 2.31. The first-order valence-corrected chi connectivity index (χ1v) is 7.46. The van der Waals surface area contributed by atoms with E-state index >= 15 is 0 Å². The number of rotatable bonds is 4. The largest absolute Gasteiger partial charge is 0.494 e. The Balaban J connectivity index is 2.26. The second-order valence-electron chi connectivity index (χ2n) is 5.35. The van der Waals surface area contributed by atoms with Crippen molar-refractivity contribution in [3.63, 3.8) is 0 Å². The van der Waals surface area contributed by atoms with E-state index < -0.39 is 0 Å². The lowest BCUT2D eigenvalue weighted by Gasteiger charge is -2.23. The molecule has 0 bridgehead atoms. The molecule has 3 heteroatoms. The molecule has 0 saturated heterocycles. The SMILES string of the molecule is CNC(/C1=C/CCCCCC1)c1ccc(F)c(OC)c1. The molecule has 0 spiro atoms. The number of methoxy groups -OCH3 is 1. The molecule has 0 saturated carbocycles. The van der Waals surface area contributed by atoms with Gasteiger partial charge in [0.2, 0.25) is 0 Å². The summed E-state index contributed by atoms with van der Waals surface area (Å²) in [6.07, 6.45) is 9.76. The van der Waals surface area contributed by atoms with E-state index in [0.29, 0.717) is 5.75 Å². The van der Waals surface area contributed by atoms with E-state index in [-0.39, 0.29) is 11.9 Å². The topological polar surface area (TPSA) is 21.3 Å². The molecule has 2 nitrogen and oxygen atoms in total. The Labute approximate surface area is 121 Å². The standard InChI is InChI=1S/C17H24FNO/c1-19-17(13-8-6-4-3-5-7-9-13)14-10-11-15(18)16(12-14)20-2/h8,10-12,17,19H,3-7,9H2,1-2H3/b13-8+. The van der Waals surface area contributed by atoms with E-state index in [1.165, 1.54) is 44.4 Å². The van der Waals surface area contributed by atoms with Gasteiger partial charge in [-0.3, -0.25) is 0 Å². The van der Waals surface area contributed by atoms with Crippen LogP contribution in [0.4, 0.5) is 4.39 Å². The van der Waals surface area contributed by atoms with Crippen molar-refractivity contribution in [2.45, 2.75) is 44.6 Å². The quantitative estimate of drug-likeness (QED) is 0.825. The van der Waals surface area contributed by atoms with Crippen molar-refractivity contribution in [1.29, 1.82) is 0 Å². The van der Waals surface area contributed by atoms with Gasteiger partial charge < -0.3 is 10.1 Å². The summed E-state index contributed by atoms with van der Waals surface area (Å²) in [6.45, 7) is 0. The van der Waals surface area contributed by atoms with Gasteiger partial charge in [0.15, 0.2) is 11.6 Å². The summed E-state index contributed by atoms with van der Waals surface area (Å²) in [6, 6.07) is 5.29. The van der Waals surface area contributed by atoms with E-state index in [9.17, 15) is 4.39 Å². The van der Waals surface area contributed by atoms with Crippen molar-refractivity contribution in [2.24, 2.45) is 0 Å². The van der Waals surface area contributed by atoms with Crippen molar-refractivity contribution in [3.8, 4) is 5.75 Å². The highest BCUT2D eigenvalue weighted by molar-refractivity contribution is 5.36. The summed E-state index contributed by atoms with van der Waals surface area (Å²) in [5.74, 6) is 0.00643. The first-order chi connectivity index (χ1) is 9.76. The minimum atomic E-state index is -0.308. The maximum absolute atomic E-state index is 13.5. The molecule has 1 N–H and O–H groups in total. The number of likely N-dealkylation sites (N-methyl/N-ethyl adjacent to an activating group) is 1. The molecule has 110 valence electrons. The first-order valence-electron chi connectivity index (χ1n) is 7.46. The van der Waals surface area contributed by atoms with Crippen LogP contribution in [0.3, 0.4) is 0 Å². The second-order valence-corrected chi connectivity index (χ2v) is 5.35. The fourth-order valence-corrected chi connectivity index (χ4v) is 2.90. The normalized spacial score (nSPS) is 20.4. The molecule has 1 aromatic rings. The van der Waals surface area contributed by atoms with Gasteiger partial charge in [-0.15, -0.1) is 0 Å². The van der Waals surface area contributed by atoms with Gasteiger partial charge in [0.05, 0.1) is 13.2 Å². The third-order valence-electron chi connectivity index (χ3n) is 3.99. The third kappa shape index (κ3) is 3.60. The molecule has 1 aromatic carbocycles. The van der Waals surface area contributed by atoms with Crippen LogP contribution in [0.2, 0.25) is 0 Å². The molecule has 0 aliphatic heterocycles. The van der Waals surface area contributed by atoms with Gasteiger partial charge in [-0.2, -0.15) is 0 Å². The second kappa shape index (κ2) is 7.44. The lowest BCUT2D eigenvalue weighted by molar-refractivity contribution is 0.385. The molecule has 0 heterocycles. The number of nitrogens with one attached hydrogen (secondary N) is 1. The van der Waals surface area contributed by atoms with Crippen molar-refractivity contribution >= 4 is 0 Å². The zero-order valence-corrected chi connectivity index (χ0v) is 12.4. The smallest absolute Gasteiger partial charge is 0.165 e. The van der Waals surface area contributed by atoms with Gasteiger partial charge in [-0.25, -0.2) is 4.39 Å². The molecule has 0 fully saturated rings. The van der Waals surface area contributed by atoms with Gasteiger partial charge in [0, 0.05) is 0 Å². The molecular formula is C17H24FNO. The minimum absolute atomic E-state index is 0.155. The van der Waals surface area contributed by atoms with E-state index in [1.807, 2.05) is 13.1 Å². The Bertz CT molecular complexity index is 470. The van der Waals surface area contributed by atoms with Gasteiger partial charge in [0.1, 0.15) is 0 Å². The zero-order chi connectivity index (χ0) is 14.4. The molecule has 20 heavy (non-hydrogen) atoms. The van der Waals surface area contributed by atoms with Crippen LogP contribution < -0.4 is 10.1 Å². The Morgan fingerprint density at radius 2 is 2.00 bits per heavy atom. The number of halogens is 1. The fourth-order valence-electron chi connectivity index (χ4n) is 2.90. The van der Waals surface area contributed by atoms with Crippen LogP contribution in [0.5, 0.6) is 5.75 Å². The van der Waals surface area contributed by atoms with Crippen molar-refractivity contribution in [3.05, 3.63) is 41.2 Å². The Morgan fingerprint density at radius 1 is 1.20 bits per heavy atom. The molecule has 0 amide bonds. The highest BCUT2D eigenvalue weighted by Gasteiger charge is 2.17. The van der Waals surface area contributed by atoms with Crippen molar-refractivity contribution < 1.29 is 9.13 Å². The van der Waals surface area contributed by atoms with E-state index in [1.54, 1.807) is 6.07 Å². The van der Waals surface area contributed by atoms with Crippen molar-refractivity contribution in [2.75, 3.05) is 14.2 Å². The number of allylic oxidation sites excluding steroid dienone is 1. The molecule has 0 radical (unpaired) electrons. The first kappa shape index (κ1) is 15.0. The number of ether oxygens (including phenoxy) is 1. The highest BCUT2D eigenvalue weighted by atomic mass is 19.1. The number of hydrogen-bond donors (Lipinski definition) is 1. The van der Waals surface area contributed by atoms with Crippen molar-refractivity contribution in [1.82, 2.24) is 5.32 Å². The van der Waals surface area contributed by atoms with Crippen LogP contribution in [0.25, 0.3) is 0 Å². The molecule has 1 atom stereocenters. The molecular weight excluding hydrogens is 253 g/mol. The number of benzene rings is 1. The van der Waals surface area contributed by atoms with Crippen LogP contribution in [0.1, 0.15) is 50.1 Å². The lowest BCUT2D eigenvalue weighted by atomic mass is 9.91. The average molecular weight is 277 g/mol. The Hall–Kier alpha value is -1.35. The summed E-state index contributed by atoms with van der Waals surface area (Å²) >= 11 is 0. The summed E-state index contributed by atoms with van der Waals surface area (Å²) in [7, 11) is 3.46. The van der Waals surface area contributed by atoms with Gasteiger partial charge in [-0.05, 0) is 50.4 Å². The summed E-state index contributed by atoms with van der Waals surface area (Å²) in [4.78, 5) is 0. The Kier molecular flexibility index (Phi) is 5.60. The lowest BCUT2D eigenvalue weighted by Crippen LogP contribution is -2.19. The van der Waals surface area contributed by atoms with E-state index in [0.717, 1.165) is 18.4 Å². The fraction of sp³-hybridized carbons (Fsp3) is 0.529. The van der Waals surface area contributed by atoms with Gasteiger partial charge in [0.25, 0.3) is 0 Å². The Morgan fingerprint density at radius 3 is 2.75 bits per heavy atom. The van der Waals surface area contributed by atoms with Gasteiger partial charge >= 0.3 is 0 Å². The minimum Gasteiger partial charge on any atom is -0.494 e. The van der Waals surface area contributed by atoms with E-state index in [2.05, 4.69) is 11.4 Å². The summed E-state index contributed by atoms with van der Waals surface area (Å²) in [5.41, 5.74) is 2.48. The molecule has 1 aliphatic carbocycles. The van der Waals surface area contributed by atoms with E-state index in [4.69, 9.17) is 4.74 Å². The van der Waals surface area contributed by atoms with Crippen LogP contribution in [0.15, 0.2) is 29.8 Å². The number of hydrogen-bond acceptors (Lipinski definition) is 2. The summed E-state index contributed by atoms with van der Waals surface area (Å²) in [5, 5.41) is 3.36. The maximum atomic E-state index is 13.5. The van der Waals surface area contributed by atoms with Crippen LogP contribution >= 0.6 is 0 Å². The molecule has 0 aromatic heterocycles. The third-order valence-corrected chi connectivity index (χ3v) is 3.99. The summed E-state index contributed by atoms with van der Waals surface area (Å²) < 4.78 is 18.6. The predicted octanol–water partition coefficient (Wildman–Crippen LogP) is 4.38. The molecule has 2 rings (SSSR count). The molecule has 1 unspecified atom stereocenters. The maximum Gasteiger partial charge on any atom is 0.165 e.